The van der Waals surface area contributed by atoms with Crippen molar-refractivity contribution in [3.8, 4) is 11.4 Å². The summed E-state index contributed by atoms with van der Waals surface area (Å²) in [5.41, 5.74) is 4.41. The summed E-state index contributed by atoms with van der Waals surface area (Å²) < 4.78 is 5.63. The predicted octanol–water partition coefficient (Wildman–Crippen LogP) is 2.93. The first kappa shape index (κ1) is 20.0. The van der Waals surface area contributed by atoms with E-state index in [9.17, 15) is 4.79 Å². The number of fused-ring (bicyclic) bond motifs is 1. The fourth-order valence-electron chi connectivity index (χ4n) is 4.10. The lowest BCUT2D eigenvalue weighted by Crippen LogP contribution is -2.45. The summed E-state index contributed by atoms with van der Waals surface area (Å²) >= 11 is 0. The number of ketones is 1. The molecule has 4 rings (SSSR count). The number of Topliss-reactive ketones (excluding diaryl/α,β-unsaturated/α-hetero) is 1. The van der Waals surface area contributed by atoms with E-state index >= 15 is 0 Å². The van der Waals surface area contributed by atoms with Crippen LogP contribution in [0.15, 0.2) is 24.3 Å². The lowest BCUT2D eigenvalue weighted by Gasteiger charge is -2.36. The molecule has 3 heterocycles. The second-order valence-electron chi connectivity index (χ2n) is 8.00. The second-order valence-corrected chi connectivity index (χ2v) is 8.00. The Morgan fingerprint density at radius 2 is 2.10 bits per heavy atom. The molecule has 0 spiro atoms. The van der Waals surface area contributed by atoms with Gasteiger partial charge in [-0.2, -0.15) is 0 Å². The molecule has 0 unspecified atom stereocenters. The third kappa shape index (κ3) is 4.49. The van der Waals surface area contributed by atoms with Gasteiger partial charge in [0.1, 0.15) is 11.6 Å². The van der Waals surface area contributed by atoms with Crippen molar-refractivity contribution in [1.29, 1.82) is 0 Å². The number of morpholine rings is 1. The van der Waals surface area contributed by atoms with Gasteiger partial charge in [0, 0.05) is 50.0 Å². The maximum atomic E-state index is 11.9. The van der Waals surface area contributed by atoms with E-state index in [0.29, 0.717) is 24.7 Å². The first-order chi connectivity index (χ1) is 14.2. The molecule has 1 N–H and O–H groups in total. The number of rotatable bonds is 6. The highest BCUT2D eigenvalue weighted by Gasteiger charge is 2.27. The van der Waals surface area contributed by atoms with E-state index in [1.54, 1.807) is 0 Å². The van der Waals surface area contributed by atoms with E-state index in [1.165, 1.54) is 5.56 Å². The van der Waals surface area contributed by atoms with Crippen molar-refractivity contribution < 1.29 is 9.53 Å². The molecule has 0 radical (unpaired) electrons. The fourth-order valence-corrected chi connectivity index (χ4v) is 4.10. The summed E-state index contributed by atoms with van der Waals surface area (Å²) in [4.78, 5) is 24.2. The first-order valence-corrected chi connectivity index (χ1v) is 10.7. The van der Waals surface area contributed by atoms with Crippen molar-refractivity contribution in [3.63, 3.8) is 0 Å². The molecule has 29 heavy (non-hydrogen) atoms. The normalized spacial score (nSPS) is 19.1. The average molecular weight is 395 g/mol. The number of ether oxygens (including phenoxy) is 1. The number of carbonyl (C=O) groups is 1. The molecular formula is C23H30N4O2. The zero-order valence-corrected chi connectivity index (χ0v) is 17.4. The molecule has 1 aromatic heterocycles. The highest BCUT2D eigenvalue weighted by Crippen LogP contribution is 2.29. The van der Waals surface area contributed by atoms with Gasteiger partial charge in [0.25, 0.3) is 0 Å². The summed E-state index contributed by atoms with van der Waals surface area (Å²) in [6.07, 6.45) is 2.96. The van der Waals surface area contributed by atoms with E-state index in [1.807, 2.05) is 31.2 Å². The Balaban J connectivity index is 1.65. The standard InChI is InChI=1S/C23H30N4O2/c1-3-4-19(28)13-17-5-7-18(8-6-17)22-25-21-9-10-24-14-20(21)23(26-22)27-11-12-29-15-16(27)2/h5-8,16,24H,3-4,9-15H2,1-2H3/t16-/m0/s1. The number of benzene rings is 1. The van der Waals surface area contributed by atoms with Gasteiger partial charge in [0.05, 0.1) is 24.9 Å². The maximum Gasteiger partial charge on any atom is 0.161 e. The zero-order valence-electron chi connectivity index (χ0n) is 17.4. The minimum atomic E-state index is 0.293. The van der Waals surface area contributed by atoms with Crippen LogP contribution in [0.25, 0.3) is 11.4 Å². The van der Waals surface area contributed by atoms with Crippen LogP contribution in [0.1, 0.15) is 43.5 Å². The van der Waals surface area contributed by atoms with Crippen LogP contribution in [0.5, 0.6) is 0 Å². The van der Waals surface area contributed by atoms with Crippen molar-refractivity contribution in [2.75, 3.05) is 31.2 Å². The molecule has 6 nitrogen and oxygen atoms in total. The number of nitrogens with one attached hydrogen (secondary N) is 1. The molecule has 1 aromatic carbocycles. The smallest absolute Gasteiger partial charge is 0.161 e. The molecule has 0 saturated carbocycles. The van der Waals surface area contributed by atoms with E-state index < -0.39 is 0 Å². The molecule has 2 aliphatic heterocycles. The fraction of sp³-hybridized carbons (Fsp3) is 0.522. The Bertz CT molecular complexity index is 866. The van der Waals surface area contributed by atoms with Gasteiger partial charge in [-0.05, 0) is 18.9 Å². The Morgan fingerprint density at radius 1 is 1.28 bits per heavy atom. The van der Waals surface area contributed by atoms with E-state index in [0.717, 1.165) is 74.2 Å². The zero-order chi connectivity index (χ0) is 20.2. The largest absolute Gasteiger partial charge is 0.377 e. The van der Waals surface area contributed by atoms with Gasteiger partial charge in [0.15, 0.2) is 5.82 Å². The van der Waals surface area contributed by atoms with Crippen LogP contribution >= 0.6 is 0 Å². The monoisotopic (exact) mass is 394 g/mol. The van der Waals surface area contributed by atoms with Gasteiger partial charge < -0.3 is 15.0 Å². The maximum absolute atomic E-state index is 11.9. The Morgan fingerprint density at radius 3 is 2.86 bits per heavy atom. The van der Waals surface area contributed by atoms with Crippen LogP contribution in [-0.4, -0.2) is 48.1 Å². The van der Waals surface area contributed by atoms with E-state index in [4.69, 9.17) is 14.7 Å². The quantitative estimate of drug-likeness (QED) is 0.813. The van der Waals surface area contributed by atoms with E-state index in [2.05, 4.69) is 17.1 Å². The third-order valence-electron chi connectivity index (χ3n) is 5.69. The Hall–Kier alpha value is -2.31. The average Bonchev–Trinajstić information content (AvgIpc) is 2.74. The lowest BCUT2D eigenvalue weighted by atomic mass is 10.0. The molecule has 0 bridgehead atoms. The molecule has 0 amide bonds. The molecule has 154 valence electrons. The van der Waals surface area contributed by atoms with Crippen LogP contribution in [-0.2, 0) is 28.9 Å². The number of nitrogens with zero attached hydrogens (tertiary/aromatic N) is 3. The van der Waals surface area contributed by atoms with Crippen LogP contribution < -0.4 is 10.2 Å². The van der Waals surface area contributed by atoms with Crippen LogP contribution in [0.3, 0.4) is 0 Å². The van der Waals surface area contributed by atoms with Crippen molar-refractivity contribution in [2.45, 2.75) is 52.1 Å². The van der Waals surface area contributed by atoms with Gasteiger partial charge in [0.2, 0.25) is 0 Å². The number of anilines is 1. The van der Waals surface area contributed by atoms with Crippen molar-refractivity contribution in [1.82, 2.24) is 15.3 Å². The van der Waals surface area contributed by atoms with Crippen LogP contribution in [0.4, 0.5) is 5.82 Å². The molecule has 1 fully saturated rings. The van der Waals surface area contributed by atoms with E-state index in [-0.39, 0.29) is 0 Å². The molecule has 2 aliphatic rings. The number of aromatic nitrogens is 2. The first-order valence-electron chi connectivity index (χ1n) is 10.7. The Kier molecular flexibility index (Phi) is 6.21. The Labute approximate surface area is 172 Å². The second kappa shape index (κ2) is 9.01. The number of hydrogen-bond acceptors (Lipinski definition) is 6. The van der Waals surface area contributed by atoms with Crippen molar-refractivity contribution in [3.05, 3.63) is 41.1 Å². The summed E-state index contributed by atoms with van der Waals surface area (Å²) in [7, 11) is 0. The highest BCUT2D eigenvalue weighted by molar-refractivity contribution is 5.81. The highest BCUT2D eigenvalue weighted by atomic mass is 16.5. The van der Waals surface area contributed by atoms with Crippen LogP contribution in [0.2, 0.25) is 0 Å². The molecular weight excluding hydrogens is 364 g/mol. The number of hydrogen-bond donors (Lipinski definition) is 1. The topological polar surface area (TPSA) is 67.4 Å². The SMILES string of the molecule is CCCC(=O)Cc1ccc(-c2nc3c(c(N4CCOC[C@@H]4C)n2)CNCC3)cc1. The van der Waals surface area contributed by atoms with Gasteiger partial charge in [-0.25, -0.2) is 9.97 Å². The summed E-state index contributed by atoms with van der Waals surface area (Å²) in [5.74, 6) is 2.10. The van der Waals surface area contributed by atoms with Gasteiger partial charge in [-0.15, -0.1) is 0 Å². The molecule has 2 aromatic rings. The van der Waals surface area contributed by atoms with Crippen LogP contribution in [0, 0.1) is 0 Å². The summed E-state index contributed by atoms with van der Waals surface area (Å²) in [6, 6.07) is 8.45. The van der Waals surface area contributed by atoms with Gasteiger partial charge in [-0.1, -0.05) is 31.2 Å². The molecule has 0 aliphatic carbocycles. The summed E-state index contributed by atoms with van der Waals surface area (Å²) in [5, 5.41) is 3.46. The third-order valence-corrected chi connectivity index (χ3v) is 5.69. The summed E-state index contributed by atoms with van der Waals surface area (Å²) in [6.45, 7) is 8.28. The van der Waals surface area contributed by atoms with Gasteiger partial charge in [-0.3, -0.25) is 4.79 Å². The molecule has 1 saturated heterocycles. The predicted molar refractivity (Wildman–Crippen MR) is 114 cm³/mol. The van der Waals surface area contributed by atoms with Gasteiger partial charge >= 0.3 is 0 Å². The van der Waals surface area contributed by atoms with Crippen molar-refractivity contribution >= 4 is 11.6 Å². The molecule has 1 atom stereocenters. The minimum absolute atomic E-state index is 0.293. The lowest BCUT2D eigenvalue weighted by molar-refractivity contribution is -0.118. The molecule has 6 heteroatoms. The number of carbonyl (C=O) groups excluding carboxylic acids is 1. The minimum Gasteiger partial charge on any atom is -0.377 e. The van der Waals surface area contributed by atoms with Crippen molar-refractivity contribution in [2.24, 2.45) is 0 Å².